The van der Waals surface area contributed by atoms with Crippen LogP contribution in [0.4, 0.5) is 15.0 Å². The molecule has 2 aliphatic rings. The summed E-state index contributed by atoms with van der Waals surface area (Å²) >= 11 is 11.8. The zero-order valence-corrected chi connectivity index (χ0v) is 17.7. The minimum Gasteiger partial charge on any atom is -0.444 e. The molecule has 7 nitrogen and oxygen atoms in total. The highest BCUT2D eigenvalue weighted by Gasteiger charge is 2.47. The molecule has 0 spiro atoms. The summed E-state index contributed by atoms with van der Waals surface area (Å²) in [5.74, 6) is -0.283. The van der Waals surface area contributed by atoms with Gasteiger partial charge in [-0.3, -0.25) is 0 Å². The van der Waals surface area contributed by atoms with E-state index in [9.17, 15) is 9.18 Å². The zero-order chi connectivity index (χ0) is 20.8. The Morgan fingerprint density at radius 2 is 2.00 bits per heavy atom. The highest BCUT2D eigenvalue weighted by atomic mass is 35.5. The number of carbonyl (C=O) groups is 1. The van der Waals surface area contributed by atoms with E-state index in [1.165, 1.54) is 0 Å². The third-order valence-electron chi connectivity index (χ3n) is 4.76. The topological polar surface area (TPSA) is 70.9 Å². The first-order valence-electron chi connectivity index (χ1n) is 8.84. The zero-order valence-electron chi connectivity index (χ0n) is 16.2. The van der Waals surface area contributed by atoms with Crippen molar-refractivity contribution in [3.05, 3.63) is 21.7 Å². The Hall–Kier alpha value is -1.93. The van der Waals surface area contributed by atoms with E-state index in [-0.39, 0.29) is 34.3 Å². The molecule has 0 N–H and O–H groups in total. The summed E-state index contributed by atoms with van der Waals surface area (Å²) in [5.41, 5.74) is -0.0636. The van der Waals surface area contributed by atoms with Gasteiger partial charge < -0.3 is 14.5 Å². The first-order chi connectivity index (χ1) is 13.0. The smallest absolute Gasteiger partial charge is 0.410 e. The van der Waals surface area contributed by atoms with Gasteiger partial charge in [0.15, 0.2) is 11.0 Å². The Morgan fingerprint density at radius 3 is 2.54 bits per heavy atom. The standard InChI is InChI=1S/C18H22Cl2FN5O2/c1-9-13(12(21)14(19)22-5)23-16(20)24-15(9)25-7-11-6-10(25)8-26(11)17(27)28-18(2,3)4/h10-11H,5-8H2,1-4H3/b14-12+. The number of aliphatic imine (C=N–C) groups is 1. The highest BCUT2D eigenvalue weighted by molar-refractivity contribution is 6.32. The van der Waals surface area contributed by atoms with E-state index in [1.54, 1.807) is 11.8 Å². The summed E-state index contributed by atoms with van der Waals surface area (Å²) in [6.45, 7) is 11.5. The van der Waals surface area contributed by atoms with Crippen LogP contribution in [0, 0.1) is 6.92 Å². The molecule has 0 aliphatic carbocycles. The van der Waals surface area contributed by atoms with E-state index in [2.05, 4.69) is 21.7 Å². The molecule has 0 radical (unpaired) electrons. The van der Waals surface area contributed by atoms with E-state index < -0.39 is 11.4 Å². The normalized spacial score (nSPS) is 22.4. The number of ether oxygens (including phenoxy) is 1. The largest absolute Gasteiger partial charge is 0.444 e. The molecule has 152 valence electrons. The average Bonchev–Trinajstić information content (AvgIpc) is 3.21. The van der Waals surface area contributed by atoms with Crippen LogP contribution in [-0.2, 0) is 4.74 Å². The van der Waals surface area contributed by atoms with Gasteiger partial charge in [-0.15, -0.1) is 0 Å². The van der Waals surface area contributed by atoms with Crippen molar-refractivity contribution in [2.45, 2.75) is 51.8 Å². The van der Waals surface area contributed by atoms with Gasteiger partial charge in [0, 0.05) is 18.7 Å². The van der Waals surface area contributed by atoms with E-state index >= 15 is 0 Å². The molecule has 2 bridgehead atoms. The number of anilines is 1. The second kappa shape index (κ2) is 7.48. The number of hydrogen-bond acceptors (Lipinski definition) is 6. The van der Waals surface area contributed by atoms with Gasteiger partial charge in [-0.2, -0.15) is 0 Å². The van der Waals surface area contributed by atoms with Crippen molar-refractivity contribution in [1.29, 1.82) is 0 Å². The minimum atomic E-state index is -0.806. The predicted molar refractivity (Wildman–Crippen MR) is 108 cm³/mol. The Balaban J connectivity index is 1.85. The third kappa shape index (κ3) is 3.93. The fourth-order valence-electron chi connectivity index (χ4n) is 3.61. The minimum absolute atomic E-state index is 0.00439. The number of rotatable bonds is 3. The Bertz CT molecular complexity index is 855. The molecule has 1 aromatic heterocycles. The average molecular weight is 430 g/mol. The summed E-state index contributed by atoms with van der Waals surface area (Å²) in [4.78, 5) is 27.8. The van der Waals surface area contributed by atoms with Crippen LogP contribution in [-0.4, -0.2) is 58.5 Å². The molecular weight excluding hydrogens is 408 g/mol. The summed E-state index contributed by atoms with van der Waals surface area (Å²) in [5, 5.41) is -0.478. The van der Waals surface area contributed by atoms with Gasteiger partial charge in [0.25, 0.3) is 0 Å². The Labute approximate surface area is 173 Å². The number of fused-ring (bicyclic) bond motifs is 2. The summed E-state index contributed by atoms with van der Waals surface area (Å²) in [6.07, 6.45) is 0.457. The lowest BCUT2D eigenvalue weighted by atomic mass is 10.2. The van der Waals surface area contributed by atoms with Crippen LogP contribution in [0.5, 0.6) is 0 Å². The van der Waals surface area contributed by atoms with Gasteiger partial charge in [0.1, 0.15) is 17.1 Å². The van der Waals surface area contributed by atoms with Crippen molar-refractivity contribution < 1.29 is 13.9 Å². The van der Waals surface area contributed by atoms with Gasteiger partial charge >= 0.3 is 6.09 Å². The van der Waals surface area contributed by atoms with Crippen molar-refractivity contribution >= 4 is 47.7 Å². The lowest BCUT2D eigenvalue weighted by molar-refractivity contribution is 0.0214. The molecule has 28 heavy (non-hydrogen) atoms. The first kappa shape index (κ1) is 20.8. The van der Waals surface area contributed by atoms with Crippen molar-refractivity contribution in [3.63, 3.8) is 0 Å². The number of carbonyl (C=O) groups excluding carboxylic acids is 1. The molecule has 2 aliphatic heterocycles. The van der Waals surface area contributed by atoms with Crippen LogP contribution in [0.15, 0.2) is 10.1 Å². The molecule has 1 amide bonds. The second-order valence-corrected chi connectivity index (χ2v) is 8.58. The third-order valence-corrected chi connectivity index (χ3v) is 5.22. The molecule has 0 saturated carbocycles. The number of likely N-dealkylation sites (tertiary alicyclic amines) is 1. The van der Waals surface area contributed by atoms with Gasteiger partial charge in [0.05, 0.1) is 12.1 Å². The summed E-state index contributed by atoms with van der Waals surface area (Å²) in [6, 6.07) is 0.0327. The van der Waals surface area contributed by atoms with Crippen molar-refractivity contribution in [2.75, 3.05) is 18.0 Å². The number of aromatic nitrogens is 2. The Kier molecular flexibility index (Phi) is 5.55. The molecule has 2 fully saturated rings. The number of halogens is 3. The van der Waals surface area contributed by atoms with Crippen LogP contribution >= 0.6 is 23.2 Å². The van der Waals surface area contributed by atoms with E-state index in [0.717, 1.165) is 6.42 Å². The fourth-order valence-corrected chi connectivity index (χ4v) is 3.86. The quantitative estimate of drug-likeness (QED) is 0.409. The first-order valence-corrected chi connectivity index (χ1v) is 9.60. The lowest BCUT2D eigenvalue weighted by Crippen LogP contribution is -2.50. The van der Waals surface area contributed by atoms with Crippen molar-refractivity contribution in [1.82, 2.24) is 14.9 Å². The summed E-state index contributed by atoms with van der Waals surface area (Å²) < 4.78 is 20.0. The predicted octanol–water partition coefficient (Wildman–Crippen LogP) is 4.17. The number of amides is 1. The van der Waals surface area contributed by atoms with Crippen LogP contribution in [0.3, 0.4) is 0 Å². The molecule has 2 atom stereocenters. The molecule has 2 unspecified atom stereocenters. The molecular formula is C18H22Cl2FN5O2. The van der Waals surface area contributed by atoms with Gasteiger partial charge in [-0.25, -0.2) is 24.1 Å². The van der Waals surface area contributed by atoms with Crippen LogP contribution in [0.2, 0.25) is 5.28 Å². The maximum absolute atomic E-state index is 14.5. The maximum Gasteiger partial charge on any atom is 0.410 e. The number of piperazine rings is 1. The van der Waals surface area contributed by atoms with Gasteiger partial charge in [0.2, 0.25) is 5.28 Å². The van der Waals surface area contributed by atoms with Gasteiger partial charge in [-0.1, -0.05) is 11.6 Å². The molecule has 0 aromatic carbocycles. The number of hydrogen-bond donors (Lipinski definition) is 0. The monoisotopic (exact) mass is 429 g/mol. The van der Waals surface area contributed by atoms with Crippen LogP contribution < -0.4 is 4.90 Å². The van der Waals surface area contributed by atoms with Crippen molar-refractivity contribution in [2.24, 2.45) is 4.99 Å². The Morgan fingerprint density at radius 1 is 1.32 bits per heavy atom. The molecule has 3 rings (SSSR count). The van der Waals surface area contributed by atoms with E-state index in [0.29, 0.717) is 24.5 Å². The van der Waals surface area contributed by atoms with Gasteiger partial charge in [-0.05, 0) is 52.4 Å². The SMILES string of the molecule is C=N/C(Cl)=C(/F)c1nc(Cl)nc(N2CC3CC2CN3C(=O)OC(C)(C)C)c1C. The van der Waals surface area contributed by atoms with Crippen LogP contribution in [0.1, 0.15) is 38.4 Å². The molecule has 10 heteroatoms. The van der Waals surface area contributed by atoms with Crippen molar-refractivity contribution in [3.8, 4) is 0 Å². The lowest BCUT2D eigenvalue weighted by Gasteiger charge is -2.36. The number of nitrogens with zero attached hydrogens (tertiary/aromatic N) is 5. The maximum atomic E-state index is 14.5. The van der Waals surface area contributed by atoms with Crippen LogP contribution in [0.25, 0.3) is 5.83 Å². The second-order valence-electron chi connectivity index (χ2n) is 7.88. The highest BCUT2D eigenvalue weighted by Crippen LogP contribution is 2.38. The van der Waals surface area contributed by atoms with E-state index in [1.807, 2.05) is 25.7 Å². The molecule has 1 aromatic rings. The van der Waals surface area contributed by atoms with E-state index in [4.69, 9.17) is 27.9 Å². The fraction of sp³-hybridized carbons (Fsp3) is 0.556. The molecule has 3 heterocycles. The summed E-state index contributed by atoms with van der Waals surface area (Å²) in [7, 11) is 0. The molecule has 2 saturated heterocycles.